The second kappa shape index (κ2) is 2.62. The molecule has 14 heavy (non-hydrogen) atoms. The number of amidine groups is 1. The molecular weight excluding hydrogens is 202 g/mol. The molecule has 0 aliphatic carbocycles. The van der Waals surface area contributed by atoms with Crippen LogP contribution in [-0.2, 0) is 0 Å². The minimum atomic E-state index is 0.544. The van der Waals surface area contributed by atoms with E-state index in [1.165, 1.54) is 12.7 Å². The molecule has 68 valence electrons. The molecule has 3 heterocycles. The van der Waals surface area contributed by atoms with E-state index in [-0.39, 0.29) is 0 Å². The van der Waals surface area contributed by atoms with Crippen LogP contribution in [-0.4, -0.2) is 29.4 Å². The third kappa shape index (κ3) is 0.898. The molecule has 3 rings (SSSR count). The van der Waals surface area contributed by atoms with Gasteiger partial charge in [0, 0.05) is 0 Å². The van der Waals surface area contributed by atoms with Crippen molar-refractivity contribution in [3.8, 4) is 0 Å². The molecule has 6 heteroatoms. The maximum Gasteiger partial charge on any atom is 0.240 e. The molecule has 0 amide bonds. The highest BCUT2D eigenvalue weighted by molar-refractivity contribution is 6.45. The number of allylic oxidation sites excluding steroid dienone is 2. The molecule has 3 aliphatic rings. The first-order valence-electron chi connectivity index (χ1n) is 3.95. The second-order valence-corrected chi connectivity index (χ2v) is 3.15. The zero-order chi connectivity index (χ0) is 9.54. The molecule has 0 atom stereocenters. The van der Waals surface area contributed by atoms with E-state index >= 15 is 0 Å². The molecule has 5 nitrogen and oxygen atoms in total. The third-order valence-electron chi connectivity index (χ3n) is 1.95. The zero-order valence-corrected chi connectivity index (χ0v) is 7.68. The smallest absolute Gasteiger partial charge is 0.240 e. The van der Waals surface area contributed by atoms with Crippen molar-refractivity contribution in [1.82, 2.24) is 4.90 Å². The highest BCUT2D eigenvalue weighted by Crippen LogP contribution is 2.24. The fourth-order valence-electron chi connectivity index (χ4n) is 1.35. The number of aliphatic imine (C=N–C) groups is 4. The monoisotopic (exact) mass is 205 g/mol. The third-order valence-corrected chi connectivity index (χ3v) is 2.24. The normalized spacial score (nSPS) is 22.2. The van der Waals surface area contributed by atoms with Crippen LogP contribution in [0.25, 0.3) is 0 Å². The van der Waals surface area contributed by atoms with Gasteiger partial charge in [-0.05, 0) is 12.2 Å². The van der Waals surface area contributed by atoms with Crippen molar-refractivity contribution in [2.45, 2.75) is 0 Å². The molecule has 0 aromatic carbocycles. The van der Waals surface area contributed by atoms with E-state index in [0.29, 0.717) is 16.8 Å². The SMILES string of the molecule is ClC1=CC=C2N=CN=C3N=CN=C1N23. The van der Waals surface area contributed by atoms with Gasteiger partial charge in [0.2, 0.25) is 5.96 Å². The van der Waals surface area contributed by atoms with E-state index in [9.17, 15) is 0 Å². The minimum absolute atomic E-state index is 0.544. The first kappa shape index (κ1) is 7.64. The maximum atomic E-state index is 5.98. The van der Waals surface area contributed by atoms with Gasteiger partial charge in [0.25, 0.3) is 0 Å². The Morgan fingerprint density at radius 2 is 1.93 bits per heavy atom. The van der Waals surface area contributed by atoms with E-state index in [4.69, 9.17) is 11.6 Å². The molecule has 0 aromatic rings. The number of nitrogens with zero attached hydrogens (tertiary/aromatic N) is 5. The lowest BCUT2D eigenvalue weighted by molar-refractivity contribution is 0.713. The first-order valence-corrected chi connectivity index (χ1v) is 4.33. The summed E-state index contributed by atoms with van der Waals surface area (Å²) in [5.74, 6) is 1.90. The lowest BCUT2D eigenvalue weighted by Gasteiger charge is -2.29. The van der Waals surface area contributed by atoms with E-state index in [2.05, 4.69) is 20.0 Å². The Bertz CT molecular complexity index is 480. The topological polar surface area (TPSA) is 52.7 Å². The van der Waals surface area contributed by atoms with Crippen molar-refractivity contribution >= 4 is 36.1 Å². The predicted octanol–water partition coefficient (Wildman–Crippen LogP) is 1.10. The molecule has 0 radical (unpaired) electrons. The zero-order valence-electron chi connectivity index (χ0n) is 6.92. The summed E-state index contributed by atoms with van der Waals surface area (Å²) in [7, 11) is 0. The molecule has 0 saturated carbocycles. The van der Waals surface area contributed by atoms with Crippen molar-refractivity contribution in [2.75, 3.05) is 0 Å². The molecule has 0 fully saturated rings. The van der Waals surface area contributed by atoms with Gasteiger partial charge in [-0.15, -0.1) is 0 Å². The Morgan fingerprint density at radius 1 is 1.07 bits per heavy atom. The number of hydrogen-bond acceptors (Lipinski definition) is 5. The average molecular weight is 206 g/mol. The minimum Gasteiger partial charge on any atom is -0.245 e. The largest absolute Gasteiger partial charge is 0.245 e. The van der Waals surface area contributed by atoms with Crippen molar-refractivity contribution in [3.63, 3.8) is 0 Å². The summed E-state index contributed by atoms with van der Waals surface area (Å²) in [6.45, 7) is 0. The van der Waals surface area contributed by atoms with Gasteiger partial charge in [-0.1, -0.05) is 11.6 Å². The molecule has 0 aromatic heterocycles. The van der Waals surface area contributed by atoms with Gasteiger partial charge < -0.3 is 0 Å². The number of rotatable bonds is 0. The molecule has 0 unspecified atom stereocenters. The average Bonchev–Trinajstić information content (AvgIpc) is 2.24. The van der Waals surface area contributed by atoms with Crippen LogP contribution in [0.15, 0.2) is 43.0 Å². The summed E-state index contributed by atoms with van der Waals surface area (Å²) in [6, 6.07) is 0. The second-order valence-electron chi connectivity index (χ2n) is 2.75. The van der Waals surface area contributed by atoms with Crippen molar-refractivity contribution in [1.29, 1.82) is 0 Å². The molecule has 0 saturated heterocycles. The summed E-state index contributed by atoms with van der Waals surface area (Å²) < 4.78 is 0. The van der Waals surface area contributed by atoms with E-state index in [1.54, 1.807) is 17.1 Å². The van der Waals surface area contributed by atoms with E-state index < -0.39 is 0 Å². The van der Waals surface area contributed by atoms with Crippen LogP contribution in [0.2, 0.25) is 0 Å². The number of guanidine groups is 1. The summed E-state index contributed by atoms with van der Waals surface area (Å²) in [4.78, 5) is 17.9. The molecular formula is C8H4ClN5. The van der Waals surface area contributed by atoms with Crippen LogP contribution < -0.4 is 0 Å². The molecule has 0 N–H and O–H groups in total. The Balaban J connectivity index is 2.24. The van der Waals surface area contributed by atoms with Crippen LogP contribution in [0.3, 0.4) is 0 Å². The summed E-state index contributed by atoms with van der Waals surface area (Å²) in [5, 5.41) is 0.560. The molecule has 3 aliphatic heterocycles. The number of hydrogen-bond donors (Lipinski definition) is 0. The lowest BCUT2D eigenvalue weighted by atomic mass is 10.3. The highest BCUT2D eigenvalue weighted by Gasteiger charge is 2.29. The Hall–Kier alpha value is -1.75. The van der Waals surface area contributed by atoms with Gasteiger partial charge in [-0.3, -0.25) is 0 Å². The lowest BCUT2D eigenvalue weighted by Crippen LogP contribution is -2.40. The van der Waals surface area contributed by atoms with Crippen LogP contribution in [0, 0.1) is 0 Å². The van der Waals surface area contributed by atoms with Gasteiger partial charge in [-0.25, -0.2) is 24.9 Å². The first-order chi connectivity index (χ1) is 6.86. The standard InChI is InChI=1S/C8H4ClN5/c9-5-1-2-6-10-3-12-8-13-4-11-7(5)14(6)8/h1-4H. The van der Waals surface area contributed by atoms with Gasteiger partial charge >= 0.3 is 0 Å². The fraction of sp³-hybridized carbons (Fsp3) is 0. The number of halogens is 1. The van der Waals surface area contributed by atoms with Gasteiger partial charge in [0.15, 0.2) is 5.84 Å². The summed E-state index contributed by atoms with van der Waals surface area (Å²) in [5.41, 5.74) is 0. The summed E-state index contributed by atoms with van der Waals surface area (Å²) >= 11 is 5.98. The van der Waals surface area contributed by atoms with Crippen LogP contribution in [0.4, 0.5) is 0 Å². The van der Waals surface area contributed by atoms with Crippen molar-refractivity contribution in [2.24, 2.45) is 20.0 Å². The van der Waals surface area contributed by atoms with Gasteiger partial charge in [-0.2, -0.15) is 0 Å². The fourth-order valence-corrected chi connectivity index (χ4v) is 1.55. The van der Waals surface area contributed by atoms with Gasteiger partial charge in [0.1, 0.15) is 18.5 Å². The van der Waals surface area contributed by atoms with Crippen molar-refractivity contribution in [3.05, 3.63) is 23.0 Å². The quantitative estimate of drug-likeness (QED) is 0.584. The Labute approximate surface area is 84.5 Å². The summed E-state index contributed by atoms with van der Waals surface area (Å²) in [6.07, 6.45) is 6.45. The molecule has 0 spiro atoms. The highest BCUT2D eigenvalue weighted by atomic mass is 35.5. The Kier molecular flexibility index (Phi) is 1.43. The predicted molar refractivity (Wildman–Crippen MR) is 55.7 cm³/mol. The van der Waals surface area contributed by atoms with Crippen LogP contribution in [0.5, 0.6) is 0 Å². The molecule has 0 bridgehead atoms. The van der Waals surface area contributed by atoms with Gasteiger partial charge in [0.05, 0.1) is 5.03 Å². The maximum absolute atomic E-state index is 5.98. The Morgan fingerprint density at radius 3 is 2.86 bits per heavy atom. The van der Waals surface area contributed by atoms with E-state index in [0.717, 1.165) is 5.82 Å². The van der Waals surface area contributed by atoms with Crippen molar-refractivity contribution < 1.29 is 0 Å². The van der Waals surface area contributed by atoms with Crippen LogP contribution in [0.1, 0.15) is 0 Å². The van der Waals surface area contributed by atoms with E-state index in [1.807, 2.05) is 0 Å². The van der Waals surface area contributed by atoms with Crippen LogP contribution >= 0.6 is 11.6 Å².